The minimum atomic E-state index is -0.511. The third kappa shape index (κ3) is 4.29. The van der Waals surface area contributed by atoms with Crippen LogP contribution in [0.1, 0.15) is 12.8 Å². The van der Waals surface area contributed by atoms with Crippen LogP contribution in [-0.4, -0.2) is 24.0 Å². The summed E-state index contributed by atoms with van der Waals surface area (Å²) in [6.45, 7) is 0.578. The molecular formula is C12H13BrN2O4. The number of carbonyl (C=O) groups excluding carboxylic acids is 1. The highest BCUT2D eigenvalue weighted by atomic mass is 79.9. The number of hydrogen-bond donors (Lipinski definition) is 1. The van der Waals surface area contributed by atoms with Gasteiger partial charge in [-0.25, -0.2) is 0 Å². The van der Waals surface area contributed by atoms with E-state index >= 15 is 0 Å². The predicted octanol–water partition coefficient (Wildman–Crippen LogP) is 2.72. The Morgan fingerprint density at radius 3 is 2.89 bits per heavy atom. The number of nitrogens with one attached hydrogen (secondary N) is 1. The van der Waals surface area contributed by atoms with Gasteiger partial charge in [0.2, 0.25) is 5.91 Å². The number of nitro groups is 1. The first-order chi connectivity index (χ1) is 9.06. The number of benzene rings is 1. The molecule has 0 spiro atoms. The molecule has 1 amide bonds. The molecule has 19 heavy (non-hydrogen) atoms. The van der Waals surface area contributed by atoms with Gasteiger partial charge in [-0.1, -0.05) is 0 Å². The fourth-order valence-corrected chi connectivity index (χ4v) is 1.92. The summed E-state index contributed by atoms with van der Waals surface area (Å²) in [6.07, 6.45) is 2.33. The average molecular weight is 329 g/mol. The van der Waals surface area contributed by atoms with Gasteiger partial charge in [-0.3, -0.25) is 14.9 Å². The second-order valence-corrected chi connectivity index (χ2v) is 5.28. The van der Waals surface area contributed by atoms with Crippen molar-refractivity contribution in [3.8, 4) is 0 Å². The largest absolute Gasteiger partial charge is 0.371 e. The molecule has 1 aliphatic carbocycles. The van der Waals surface area contributed by atoms with Crippen LogP contribution in [0.5, 0.6) is 0 Å². The normalized spacial score (nSPS) is 14.2. The number of anilines is 1. The zero-order valence-corrected chi connectivity index (χ0v) is 11.7. The molecule has 1 aliphatic rings. The van der Waals surface area contributed by atoms with Crippen LogP contribution in [0.3, 0.4) is 0 Å². The standard InChI is InChI=1S/C12H13BrN2O4/c13-10-4-3-9(5-11(10)15(17)18)14-12(16)7-19-6-8-1-2-8/h3-5,8H,1-2,6-7H2,(H,14,16). The van der Waals surface area contributed by atoms with Gasteiger partial charge in [0.1, 0.15) is 6.61 Å². The maximum absolute atomic E-state index is 11.6. The first-order valence-electron chi connectivity index (χ1n) is 5.88. The second kappa shape index (κ2) is 6.12. The van der Waals surface area contributed by atoms with Crippen LogP contribution in [0.4, 0.5) is 11.4 Å². The number of rotatable bonds is 6. The molecule has 7 heteroatoms. The van der Waals surface area contributed by atoms with Crippen LogP contribution in [-0.2, 0) is 9.53 Å². The summed E-state index contributed by atoms with van der Waals surface area (Å²) >= 11 is 3.08. The molecule has 0 aromatic heterocycles. The van der Waals surface area contributed by atoms with Crippen LogP contribution in [0, 0.1) is 16.0 Å². The number of nitrogens with zero attached hydrogens (tertiary/aromatic N) is 1. The summed E-state index contributed by atoms with van der Waals surface area (Å²) in [4.78, 5) is 21.8. The zero-order valence-electron chi connectivity index (χ0n) is 10.1. The lowest BCUT2D eigenvalue weighted by Crippen LogP contribution is -2.19. The van der Waals surface area contributed by atoms with E-state index in [-0.39, 0.29) is 18.2 Å². The van der Waals surface area contributed by atoms with Crippen molar-refractivity contribution < 1.29 is 14.5 Å². The maximum atomic E-state index is 11.6. The number of amides is 1. The van der Waals surface area contributed by atoms with Gasteiger partial charge in [0.15, 0.2) is 0 Å². The molecule has 1 aromatic carbocycles. The molecule has 1 fully saturated rings. The maximum Gasteiger partial charge on any atom is 0.285 e. The predicted molar refractivity (Wildman–Crippen MR) is 73.0 cm³/mol. The third-order valence-electron chi connectivity index (χ3n) is 2.71. The Morgan fingerprint density at radius 2 is 2.26 bits per heavy atom. The number of carbonyl (C=O) groups is 1. The average Bonchev–Trinajstić information content (AvgIpc) is 3.15. The van der Waals surface area contributed by atoms with Crippen LogP contribution < -0.4 is 5.32 Å². The van der Waals surface area contributed by atoms with Crippen molar-refractivity contribution in [1.29, 1.82) is 0 Å². The van der Waals surface area contributed by atoms with Crippen LogP contribution >= 0.6 is 15.9 Å². The smallest absolute Gasteiger partial charge is 0.285 e. The SMILES string of the molecule is O=C(COCC1CC1)Nc1ccc(Br)c([N+](=O)[O-])c1. The molecule has 6 nitrogen and oxygen atoms in total. The summed E-state index contributed by atoms with van der Waals surface area (Å²) in [5.74, 6) is 0.291. The Kier molecular flexibility index (Phi) is 4.49. The van der Waals surface area contributed by atoms with Crippen molar-refractivity contribution in [2.75, 3.05) is 18.5 Å². The van der Waals surface area contributed by atoms with Crippen molar-refractivity contribution in [3.63, 3.8) is 0 Å². The summed E-state index contributed by atoms with van der Waals surface area (Å²) in [5.41, 5.74) is 0.298. The van der Waals surface area contributed by atoms with Crippen molar-refractivity contribution >= 4 is 33.2 Å². The van der Waals surface area contributed by atoms with Gasteiger partial charge in [-0.15, -0.1) is 0 Å². The lowest BCUT2D eigenvalue weighted by atomic mass is 10.3. The van der Waals surface area contributed by atoms with E-state index in [1.807, 2.05) is 0 Å². The highest BCUT2D eigenvalue weighted by Gasteiger charge is 2.21. The quantitative estimate of drug-likeness (QED) is 0.643. The summed E-state index contributed by atoms with van der Waals surface area (Å²) < 4.78 is 5.61. The molecular weight excluding hydrogens is 316 g/mol. The topological polar surface area (TPSA) is 81.5 Å². The van der Waals surface area contributed by atoms with Gasteiger partial charge < -0.3 is 10.1 Å². The van der Waals surface area contributed by atoms with Crippen molar-refractivity contribution in [2.24, 2.45) is 5.92 Å². The molecule has 1 N–H and O–H groups in total. The molecule has 0 radical (unpaired) electrons. The Hall–Kier alpha value is -1.47. The van der Waals surface area contributed by atoms with E-state index in [0.717, 1.165) is 0 Å². The minimum Gasteiger partial charge on any atom is -0.371 e. The first-order valence-corrected chi connectivity index (χ1v) is 6.67. The number of nitro benzene ring substituents is 1. The Labute approximate surface area is 118 Å². The molecule has 0 saturated heterocycles. The van der Waals surface area contributed by atoms with E-state index < -0.39 is 4.92 Å². The zero-order chi connectivity index (χ0) is 13.8. The van der Waals surface area contributed by atoms with Crippen molar-refractivity contribution in [2.45, 2.75) is 12.8 Å². The molecule has 2 rings (SSSR count). The van der Waals surface area contributed by atoms with Gasteiger partial charge in [-0.2, -0.15) is 0 Å². The molecule has 1 saturated carbocycles. The van der Waals surface area contributed by atoms with Crippen LogP contribution in [0.2, 0.25) is 0 Å². The molecule has 0 bridgehead atoms. The van der Waals surface area contributed by atoms with E-state index in [2.05, 4.69) is 21.2 Å². The number of hydrogen-bond acceptors (Lipinski definition) is 4. The highest BCUT2D eigenvalue weighted by Crippen LogP contribution is 2.29. The highest BCUT2D eigenvalue weighted by molar-refractivity contribution is 9.10. The number of ether oxygens (including phenoxy) is 1. The van der Waals surface area contributed by atoms with Gasteiger partial charge in [0, 0.05) is 11.8 Å². The Bertz CT molecular complexity index is 503. The molecule has 0 heterocycles. The van der Waals surface area contributed by atoms with E-state index in [0.29, 0.717) is 22.7 Å². The molecule has 0 aliphatic heterocycles. The van der Waals surface area contributed by atoms with Crippen molar-refractivity contribution in [3.05, 3.63) is 32.8 Å². The van der Waals surface area contributed by atoms with E-state index in [1.165, 1.54) is 25.0 Å². The molecule has 0 atom stereocenters. The van der Waals surface area contributed by atoms with E-state index in [4.69, 9.17) is 4.74 Å². The lowest BCUT2D eigenvalue weighted by Gasteiger charge is -2.06. The minimum absolute atomic E-state index is 0.0274. The van der Waals surface area contributed by atoms with Gasteiger partial charge in [0.25, 0.3) is 5.69 Å². The van der Waals surface area contributed by atoms with E-state index in [1.54, 1.807) is 6.07 Å². The summed E-state index contributed by atoms with van der Waals surface area (Å²) in [6, 6.07) is 4.43. The van der Waals surface area contributed by atoms with E-state index in [9.17, 15) is 14.9 Å². The molecule has 102 valence electrons. The van der Waals surface area contributed by atoms with Crippen LogP contribution in [0.25, 0.3) is 0 Å². The second-order valence-electron chi connectivity index (χ2n) is 4.43. The fourth-order valence-electron chi connectivity index (χ4n) is 1.53. The summed E-state index contributed by atoms with van der Waals surface area (Å²) in [5, 5.41) is 13.3. The monoisotopic (exact) mass is 328 g/mol. The van der Waals surface area contributed by atoms with Gasteiger partial charge in [0.05, 0.1) is 16.0 Å². The fraction of sp³-hybridized carbons (Fsp3) is 0.417. The van der Waals surface area contributed by atoms with Crippen LogP contribution in [0.15, 0.2) is 22.7 Å². The first kappa shape index (κ1) is 14.0. The molecule has 1 aromatic rings. The number of halogens is 1. The summed E-state index contributed by atoms with van der Waals surface area (Å²) in [7, 11) is 0. The lowest BCUT2D eigenvalue weighted by molar-refractivity contribution is -0.385. The Morgan fingerprint density at radius 1 is 1.53 bits per heavy atom. The van der Waals surface area contributed by atoms with Crippen molar-refractivity contribution in [1.82, 2.24) is 0 Å². The molecule has 0 unspecified atom stereocenters. The van der Waals surface area contributed by atoms with Gasteiger partial charge in [-0.05, 0) is 46.8 Å². The third-order valence-corrected chi connectivity index (χ3v) is 3.38. The van der Waals surface area contributed by atoms with Gasteiger partial charge >= 0.3 is 0 Å². The Balaban J connectivity index is 1.88.